The van der Waals surface area contributed by atoms with E-state index in [9.17, 15) is 14.9 Å². The van der Waals surface area contributed by atoms with Gasteiger partial charge in [-0.05, 0) is 12.1 Å². The van der Waals surface area contributed by atoms with E-state index >= 15 is 0 Å². The lowest BCUT2D eigenvalue weighted by atomic mass is 10.3. The van der Waals surface area contributed by atoms with Crippen molar-refractivity contribution >= 4 is 12.0 Å². The molecule has 0 saturated heterocycles. The zero-order chi connectivity index (χ0) is 9.84. The first kappa shape index (κ1) is 8.98. The molecule has 0 fully saturated rings. The molecular formula is C7H6N2O4. The topological polar surface area (TPSA) is 99.4 Å². The predicted molar refractivity (Wildman–Crippen MR) is 42.9 cm³/mol. The number of nitrogens with two attached hydrogens (primary N) is 1. The fourth-order valence-corrected chi connectivity index (χ4v) is 0.722. The highest BCUT2D eigenvalue weighted by Gasteiger charge is 2.18. The Morgan fingerprint density at radius 3 is 2.77 bits per heavy atom. The maximum Gasteiger partial charge on any atom is 0.336 e. The van der Waals surface area contributed by atoms with Crippen molar-refractivity contribution in [1.82, 2.24) is 0 Å². The fourth-order valence-electron chi connectivity index (χ4n) is 0.722. The van der Waals surface area contributed by atoms with Crippen molar-refractivity contribution in [3.63, 3.8) is 0 Å². The Morgan fingerprint density at radius 2 is 2.38 bits per heavy atom. The molecule has 6 nitrogen and oxygen atoms in total. The van der Waals surface area contributed by atoms with Crippen LogP contribution in [-0.4, -0.2) is 10.8 Å². The third kappa shape index (κ3) is 2.16. The summed E-state index contributed by atoms with van der Waals surface area (Å²) in [5.41, 5.74) is 4.06. The number of furan rings is 1. The Balaban J connectivity index is 3.01. The van der Waals surface area contributed by atoms with Crippen LogP contribution >= 0.6 is 0 Å². The molecule has 0 unspecified atom stereocenters. The minimum Gasteiger partial charge on any atom is -0.465 e. The molecule has 68 valence electrons. The van der Waals surface area contributed by atoms with Crippen LogP contribution in [0.2, 0.25) is 0 Å². The number of carbonyl (C=O) groups excluding carboxylic acids is 1. The summed E-state index contributed by atoms with van der Waals surface area (Å²) < 4.78 is 4.78. The molecule has 0 aliphatic heterocycles. The second-order valence-corrected chi connectivity index (χ2v) is 2.17. The molecule has 1 aromatic heterocycles. The molecule has 2 N–H and O–H groups in total. The first-order valence-electron chi connectivity index (χ1n) is 3.30. The lowest BCUT2D eigenvalue weighted by molar-refractivity contribution is -0.417. The molecule has 6 heteroatoms. The van der Waals surface area contributed by atoms with Crippen LogP contribution in [0.4, 0.5) is 0 Å². The van der Waals surface area contributed by atoms with E-state index in [-0.39, 0.29) is 5.76 Å². The first-order chi connectivity index (χ1) is 6.11. The zero-order valence-corrected chi connectivity index (χ0v) is 6.47. The molecule has 0 aromatic carbocycles. The Kier molecular flexibility index (Phi) is 2.44. The standard InChI is InChI=1S/C7H6N2O4/c8-7(10)6(9(11)12)4-5-2-1-3-13-5/h1-4H,(H2,8,10)/b6-4+. The number of carbonyl (C=O) groups is 1. The zero-order valence-electron chi connectivity index (χ0n) is 6.47. The van der Waals surface area contributed by atoms with Gasteiger partial charge in [0.05, 0.1) is 17.3 Å². The molecule has 13 heavy (non-hydrogen) atoms. The smallest absolute Gasteiger partial charge is 0.336 e. The Hall–Kier alpha value is -2.11. The van der Waals surface area contributed by atoms with Crippen molar-refractivity contribution in [2.45, 2.75) is 0 Å². The molecule has 0 aliphatic carbocycles. The lowest BCUT2D eigenvalue weighted by Crippen LogP contribution is -2.19. The molecular weight excluding hydrogens is 176 g/mol. The van der Waals surface area contributed by atoms with E-state index in [1.807, 2.05) is 0 Å². The van der Waals surface area contributed by atoms with E-state index in [1.165, 1.54) is 12.3 Å². The normalized spacial score (nSPS) is 11.2. The van der Waals surface area contributed by atoms with Crippen molar-refractivity contribution in [3.05, 3.63) is 40.0 Å². The molecule has 1 aromatic rings. The fraction of sp³-hybridized carbons (Fsp3) is 0. The van der Waals surface area contributed by atoms with Crippen LogP contribution in [-0.2, 0) is 4.79 Å². The molecule has 0 radical (unpaired) electrons. The van der Waals surface area contributed by atoms with Gasteiger partial charge in [0.2, 0.25) is 0 Å². The van der Waals surface area contributed by atoms with Crippen LogP contribution in [0, 0.1) is 10.1 Å². The maximum absolute atomic E-state index is 10.5. The number of nitro groups is 1. The molecule has 0 spiro atoms. The van der Waals surface area contributed by atoms with Crippen LogP contribution in [0.3, 0.4) is 0 Å². The van der Waals surface area contributed by atoms with Gasteiger partial charge in [-0.1, -0.05) is 0 Å². The highest BCUT2D eigenvalue weighted by atomic mass is 16.6. The number of nitrogens with zero attached hydrogens (tertiary/aromatic N) is 1. The van der Waals surface area contributed by atoms with Crippen molar-refractivity contribution < 1.29 is 14.1 Å². The van der Waals surface area contributed by atoms with Crippen LogP contribution in [0.5, 0.6) is 0 Å². The third-order valence-electron chi connectivity index (χ3n) is 1.27. The van der Waals surface area contributed by atoms with Gasteiger partial charge in [-0.25, -0.2) is 0 Å². The van der Waals surface area contributed by atoms with E-state index in [0.29, 0.717) is 0 Å². The molecule has 0 aliphatic rings. The van der Waals surface area contributed by atoms with Gasteiger partial charge >= 0.3 is 11.6 Å². The Morgan fingerprint density at radius 1 is 1.69 bits per heavy atom. The van der Waals surface area contributed by atoms with Gasteiger partial charge in [-0.3, -0.25) is 14.9 Å². The van der Waals surface area contributed by atoms with Crippen molar-refractivity contribution in [1.29, 1.82) is 0 Å². The summed E-state index contributed by atoms with van der Waals surface area (Å²) in [5.74, 6) is -0.883. The van der Waals surface area contributed by atoms with Gasteiger partial charge in [0.1, 0.15) is 5.76 Å². The molecule has 0 bridgehead atoms. The highest BCUT2D eigenvalue weighted by Crippen LogP contribution is 2.07. The summed E-state index contributed by atoms with van der Waals surface area (Å²) in [4.78, 5) is 19.9. The van der Waals surface area contributed by atoms with Crippen LogP contribution < -0.4 is 5.73 Å². The van der Waals surface area contributed by atoms with E-state index in [4.69, 9.17) is 10.2 Å². The number of hydrogen-bond donors (Lipinski definition) is 1. The van der Waals surface area contributed by atoms with Gasteiger partial charge in [-0.2, -0.15) is 0 Å². The average Bonchev–Trinajstić information content (AvgIpc) is 2.50. The van der Waals surface area contributed by atoms with Gasteiger partial charge in [0.25, 0.3) is 0 Å². The van der Waals surface area contributed by atoms with Crippen LogP contribution in [0.15, 0.2) is 28.5 Å². The summed E-state index contributed by atoms with van der Waals surface area (Å²) in [5, 5.41) is 10.3. The Labute approximate surface area is 72.8 Å². The summed E-state index contributed by atoms with van der Waals surface area (Å²) in [7, 11) is 0. The molecule has 0 saturated carbocycles. The lowest BCUT2D eigenvalue weighted by Gasteiger charge is -1.90. The number of primary amides is 1. The quantitative estimate of drug-likeness (QED) is 0.415. The second-order valence-electron chi connectivity index (χ2n) is 2.17. The van der Waals surface area contributed by atoms with E-state index in [1.54, 1.807) is 6.07 Å². The van der Waals surface area contributed by atoms with Crippen molar-refractivity contribution in [2.75, 3.05) is 0 Å². The van der Waals surface area contributed by atoms with E-state index < -0.39 is 16.5 Å². The molecule has 0 atom stereocenters. The van der Waals surface area contributed by atoms with Gasteiger partial charge in [0, 0.05) is 0 Å². The van der Waals surface area contributed by atoms with Gasteiger partial charge < -0.3 is 10.2 Å². The molecule has 1 heterocycles. The van der Waals surface area contributed by atoms with Crippen LogP contribution in [0.25, 0.3) is 6.08 Å². The minimum atomic E-state index is -1.10. The van der Waals surface area contributed by atoms with E-state index in [0.717, 1.165) is 6.08 Å². The Bertz CT molecular complexity index is 337. The maximum atomic E-state index is 10.5. The second kappa shape index (κ2) is 3.53. The summed E-state index contributed by atoms with van der Waals surface area (Å²) >= 11 is 0. The number of rotatable bonds is 3. The van der Waals surface area contributed by atoms with E-state index in [2.05, 4.69) is 0 Å². The largest absolute Gasteiger partial charge is 0.465 e. The number of hydrogen-bond acceptors (Lipinski definition) is 4. The number of amides is 1. The minimum absolute atomic E-state index is 0.213. The summed E-state index contributed by atoms with van der Waals surface area (Å²) in [6.45, 7) is 0. The van der Waals surface area contributed by atoms with Crippen molar-refractivity contribution in [2.24, 2.45) is 5.73 Å². The first-order valence-corrected chi connectivity index (χ1v) is 3.30. The monoisotopic (exact) mass is 182 g/mol. The predicted octanol–water partition coefficient (Wildman–Crippen LogP) is 0.383. The van der Waals surface area contributed by atoms with Crippen molar-refractivity contribution in [3.8, 4) is 0 Å². The molecule has 1 amide bonds. The average molecular weight is 182 g/mol. The highest BCUT2D eigenvalue weighted by molar-refractivity contribution is 5.93. The van der Waals surface area contributed by atoms with Crippen LogP contribution in [0.1, 0.15) is 5.76 Å². The summed E-state index contributed by atoms with van der Waals surface area (Å²) in [6.07, 6.45) is 2.31. The van der Waals surface area contributed by atoms with Gasteiger partial charge in [0.15, 0.2) is 0 Å². The SMILES string of the molecule is NC(=O)/C(=C\c1ccco1)[N+](=O)[O-]. The third-order valence-corrected chi connectivity index (χ3v) is 1.27. The van der Waals surface area contributed by atoms with Gasteiger partial charge in [-0.15, -0.1) is 0 Å². The summed E-state index contributed by atoms with van der Waals surface area (Å²) in [6, 6.07) is 3.02. The molecule has 1 rings (SSSR count).